The van der Waals surface area contributed by atoms with Crippen LogP contribution in [0.4, 0.5) is 0 Å². The summed E-state index contributed by atoms with van der Waals surface area (Å²) in [7, 11) is 2.76. The number of H-pyrrole nitrogens is 1. The van der Waals surface area contributed by atoms with Gasteiger partial charge in [-0.15, -0.1) is 4.68 Å². The number of ether oxygens (including phenoxy) is 3. The maximum absolute atomic E-state index is 12.6. The fraction of sp³-hybridized carbons (Fsp3) is 0.200. The predicted molar refractivity (Wildman–Crippen MR) is 109 cm³/mol. The average Bonchev–Trinajstić information content (AvgIpc) is 2.73. The molecular weight excluding hydrogens is 394 g/mol. The molecule has 3 rings (SSSR count). The molecule has 30 heavy (non-hydrogen) atoms. The van der Waals surface area contributed by atoms with Crippen LogP contribution in [-0.2, 0) is 4.79 Å². The molecule has 0 saturated carbocycles. The van der Waals surface area contributed by atoms with Crippen molar-refractivity contribution in [3.05, 3.63) is 62.8 Å². The first-order valence-corrected chi connectivity index (χ1v) is 8.79. The fourth-order valence-electron chi connectivity index (χ4n) is 2.70. The summed E-state index contributed by atoms with van der Waals surface area (Å²) in [4.78, 5) is 38.5. The molecule has 0 radical (unpaired) electrons. The highest BCUT2D eigenvalue weighted by molar-refractivity contribution is 5.83. The van der Waals surface area contributed by atoms with Crippen LogP contribution in [0.1, 0.15) is 12.5 Å². The Hall–Kier alpha value is -4.08. The number of carboxylic acids is 1. The van der Waals surface area contributed by atoms with Crippen LogP contribution in [0, 0.1) is 0 Å². The molecule has 0 unspecified atom stereocenters. The van der Waals surface area contributed by atoms with E-state index in [1.165, 1.54) is 39.5 Å². The number of hydrogen-bond donors (Lipinski definition) is 2. The quantitative estimate of drug-likeness (QED) is 0.560. The topological polar surface area (TPSA) is 132 Å². The van der Waals surface area contributed by atoms with Crippen molar-refractivity contribution >= 4 is 23.1 Å². The zero-order valence-corrected chi connectivity index (χ0v) is 16.4. The van der Waals surface area contributed by atoms with Crippen molar-refractivity contribution < 1.29 is 24.1 Å². The zero-order valence-electron chi connectivity index (χ0n) is 16.4. The number of carbonyl (C=O) groups is 1. The van der Waals surface area contributed by atoms with Gasteiger partial charge in [0.25, 0.3) is 5.56 Å². The van der Waals surface area contributed by atoms with Crippen molar-refractivity contribution in [2.24, 2.45) is 5.10 Å². The second-order valence-corrected chi connectivity index (χ2v) is 6.19. The van der Waals surface area contributed by atoms with E-state index in [1.807, 2.05) is 0 Å². The van der Waals surface area contributed by atoms with E-state index in [1.54, 1.807) is 24.3 Å². The van der Waals surface area contributed by atoms with Crippen LogP contribution >= 0.6 is 0 Å². The van der Waals surface area contributed by atoms with Crippen LogP contribution in [0.3, 0.4) is 0 Å². The van der Waals surface area contributed by atoms with Crippen molar-refractivity contribution in [1.29, 1.82) is 0 Å². The molecule has 10 heteroatoms. The Morgan fingerprint density at radius 2 is 1.80 bits per heavy atom. The molecule has 1 heterocycles. The molecule has 1 aromatic heterocycles. The van der Waals surface area contributed by atoms with E-state index in [4.69, 9.17) is 19.3 Å². The Kier molecular flexibility index (Phi) is 5.86. The van der Waals surface area contributed by atoms with Crippen LogP contribution in [0.2, 0.25) is 0 Å². The molecule has 10 nitrogen and oxygen atoms in total. The first kappa shape index (κ1) is 20.6. The molecular formula is C20H19N3O7. The number of methoxy groups -OCH3 is 2. The van der Waals surface area contributed by atoms with Gasteiger partial charge < -0.3 is 24.3 Å². The summed E-state index contributed by atoms with van der Waals surface area (Å²) in [5.74, 6) is -0.653. The molecule has 0 aliphatic heterocycles. The SMILES string of the molecule is COc1cc(C=Nn2c(=O)[nH]c3ccccc3c2=O)cc(OC)c1O[C@H](C)C(=O)O. The summed E-state index contributed by atoms with van der Waals surface area (Å²) in [5, 5.41) is 13.4. The van der Waals surface area contributed by atoms with Crippen LogP contribution in [-0.4, -0.2) is 47.3 Å². The maximum Gasteiger partial charge on any atom is 0.349 e. The number of nitrogens with zero attached hydrogens (tertiary/aromatic N) is 2. The summed E-state index contributed by atoms with van der Waals surface area (Å²) < 4.78 is 16.7. The van der Waals surface area contributed by atoms with E-state index in [-0.39, 0.29) is 17.2 Å². The van der Waals surface area contributed by atoms with E-state index in [2.05, 4.69) is 10.1 Å². The summed E-state index contributed by atoms with van der Waals surface area (Å²) in [5.41, 5.74) is -0.418. The van der Waals surface area contributed by atoms with Gasteiger partial charge in [0.15, 0.2) is 17.6 Å². The van der Waals surface area contributed by atoms with Crippen molar-refractivity contribution in [3.8, 4) is 17.2 Å². The Labute approximate surface area is 169 Å². The highest BCUT2D eigenvalue weighted by Gasteiger charge is 2.20. The number of nitrogens with one attached hydrogen (secondary N) is 1. The zero-order chi connectivity index (χ0) is 21.8. The van der Waals surface area contributed by atoms with Gasteiger partial charge >= 0.3 is 11.7 Å². The minimum Gasteiger partial charge on any atom is -0.493 e. The molecule has 0 aliphatic rings. The van der Waals surface area contributed by atoms with Gasteiger partial charge in [0.05, 0.1) is 31.3 Å². The molecule has 0 fully saturated rings. The van der Waals surface area contributed by atoms with Gasteiger partial charge in [0.1, 0.15) is 0 Å². The maximum atomic E-state index is 12.6. The first-order valence-electron chi connectivity index (χ1n) is 8.79. The second-order valence-electron chi connectivity index (χ2n) is 6.19. The lowest BCUT2D eigenvalue weighted by Gasteiger charge is -2.17. The molecule has 0 spiro atoms. The van der Waals surface area contributed by atoms with Gasteiger partial charge in [-0.2, -0.15) is 5.10 Å². The lowest BCUT2D eigenvalue weighted by Crippen LogP contribution is -2.32. The monoisotopic (exact) mass is 413 g/mol. The Morgan fingerprint density at radius 1 is 1.17 bits per heavy atom. The minimum absolute atomic E-state index is 0.104. The van der Waals surface area contributed by atoms with Gasteiger partial charge in [-0.3, -0.25) is 4.79 Å². The van der Waals surface area contributed by atoms with Crippen LogP contribution in [0.15, 0.2) is 51.1 Å². The highest BCUT2D eigenvalue weighted by atomic mass is 16.6. The predicted octanol–water partition coefficient (Wildman–Crippen LogP) is 1.44. The summed E-state index contributed by atoms with van der Waals surface area (Å²) in [6.07, 6.45) is 0.142. The second kappa shape index (κ2) is 8.52. The van der Waals surface area contributed by atoms with Crippen LogP contribution in [0.25, 0.3) is 10.9 Å². The third kappa shape index (κ3) is 4.02. The molecule has 2 N–H and O–H groups in total. The van der Waals surface area contributed by atoms with E-state index >= 15 is 0 Å². The largest absolute Gasteiger partial charge is 0.493 e. The molecule has 2 aromatic carbocycles. The van der Waals surface area contributed by atoms with Gasteiger partial charge in [0, 0.05) is 5.56 Å². The van der Waals surface area contributed by atoms with Crippen LogP contribution in [0.5, 0.6) is 17.2 Å². The lowest BCUT2D eigenvalue weighted by molar-refractivity contribution is -0.144. The highest BCUT2D eigenvalue weighted by Crippen LogP contribution is 2.38. The third-order valence-corrected chi connectivity index (χ3v) is 4.23. The summed E-state index contributed by atoms with van der Waals surface area (Å²) >= 11 is 0. The number of carboxylic acid groups (broad SMARTS) is 1. The third-order valence-electron chi connectivity index (χ3n) is 4.23. The van der Waals surface area contributed by atoms with Crippen molar-refractivity contribution in [1.82, 2.24) is 9.66 Å². The standard InChI is InChI=1S/C20H19N3O7/c1-11(19(25)26)30-17-15(28-2)8-12(9-16(17)29-3)10-21-23-18(24)13-6-4-5-7-14(13)22-20(23)27/h4-11H,1-3H3,(H,22,27)(H,25,26)/t11-/m1/s1. The van der Waals surface area contributed by atoms with E-state index in [9.17, 15) is 14.4 Å². The molecule has 0 saturated heterocycles. The lowest BCUT2D eigenvalue weighted by atomic mass is 10.2. The molecule has 156 valence electrons. The number of para-hydroxylation sites is 1. The van der Waals surface area contributed by atoms with Gasteiger partial charge in [-0.25, -0.2) is 9.59 Å². The molecule has 0 bridgehead atoms. The minimum atomic E-state index is -1.15. The van der Waals surface area contributed by atoms with Crippen LogP contribution < -0.4 is 25.5 Å². The van der Waals surface area contributed by atoms with E-state index < -0.39 is 23.3 Å². The summed E-state index contributed by atoms with van der Waals surface area (Å²) in [6.45, 7) is 1.37. The number of hydrogen-bond acceptors (Lipinski definition) is 7. The Bertz CT molecular complexity index is 1220. The molecule has 3 aromatic rings. The number of rotatable bonds is 7. The number of benzene rings is 2. The summed E-state index contributed by atoms with van der Waals surface area (Å²) in [6, 6.07) is 9.62. The van der Waals surface area contributed by atoms with Gasteiger partial charge in [0.2, 0.25) is 5.75 Å². The number of fused-ring (bicyclic) bond motifs is 1. The Morgan fingerprint density at radius 3 is 2.40 bits per heavy atom. The van der Waals surface area contributed by atoms with Gasteiger partial charge in [-0.05, 0) is 31.2 Å². The Balaban J connectivity index is 2.04. The smallest absolute Gasteiger partial charge is 0.349 e. The van der Waals surface area contributed by atoms with Crippen molar-refractivity contribution in [2.75, 3.05) is 14.2 Å². The van der Waals surface area contributed by atoms with Gasteiger partial charge in [-0.1, -0.05) is 12.1 Å². The number of aliphatic carboxylic acids is 1. The number of aromatic nitrogens is 2. The average molecular weight is 413 g/mol. The fourth-order valence-corrected chi connectivity index (χ4v) is 2.70. The van der Waals surface area contributed by atoms with E-state index in [0.717, 1.165) is 0 Å². The van der Waals surface area contributed by atoms with Crippen molar-refractivity contribution in [3.63, 3.8) is 0 Å². The molecule has 0 amide bonds. The van der Waals surface area contributed by atoms with E-state index in [0.29, 0.717) is 21.1 Å². The normalized spacial score (nSPS) is 12.1. The molecule has 0 aliphatic carbocycles. The van der Waals surface area contributed by atoms with Crippen molar-refractivity contribution in [2.45, 2.75) is 13.0 Å². The number of aromatic amines is 1. The molecule has 1 atom stereocenters. The first-order chi connectivity index (χ1) is 14.3.